The minimum atomic E-state index is -4.85. The van der Waals surface area contributed by atoms with Crippen molar-refractivity contribution >= 4 is 21.3 Å². The van der Waals surface area contributed by atoms with Crippen LogP contribution in [0.3, 0.4) is 0 Å². The van der Waals surface area contributed by atoms with Crippen molar-refractivity contribution in [3.05, 3.63) is 83.9 Å². The van der Waals surface area contributed by atoms with Crippen molar-refractivity contribution < 1.29 is 27.2 Å². The van der Waals surface area contributed by atoms with Crippen LogP contribution in [0.2, 0.25) is 0 Å². The minimum Gasteiger partial charge on any atom is -0.406 e. The molecule has 0 aromatic heterocycles. The molecule has 2 aliphatic heterocycles. The zero-order valence-electron chi connectivity index (χ0n) is 19.7. The highest BCUT2D eigenvalue weighted by atomic mass is 32.2. The molecule has 5 rings (SSSR count). The first-order valence-electron chi connectivity index (χ1n) is 11.9. The monoisotopic (exact) mass is 532 g/mol. The number of nitrogens with zero attached hydrogens (tertiary/aromatic N) is 1. The number of aliphatic hydroxyl groups is 1. The van der Waals surface area contributed by atoms with E-state index in [-0.39, 0.29) is 11.4 Å². The van der Waals surface area contributed by atoms with Crippen molar-refractivity contribution in [2.24, 2.45) is 0 Å². The summed E-state index contributed by atoms with van der Waals surface area (Å²) in [7, 11) is -3.64. The molecular weight excluding hydrogens is 505 g/mol. The van der Waals surface area contributed by atoms with Gasteiger partial charge in [0, 0.05) is 24.5 Å². The number of hydrogen-bond donors (Lipinski definition) is 4. The highest BCUT2D eigenvalue weighted by molar-refractivity contribution is 7.90. The van der Waals surface area contributed by atoms with E-state index in [0.29, 0.717) is 6.54 Å². The van der Waals surface area contributed by atoms with Crippen LogP contribution in [0.4, 0.5) is 24.5 Å². The Kier molecular flexibility index (Phi) is 6.88. The molecule has 4 N–H and O–H groups in total. The zero-order chi connectivity index (χ0) is 26.2. The third-order valence-electron chi connectivity index (χ3n) is 6.73. The van der Waals surface area contributed by atoms with Gasteiger partial charge < -0.3 is 20.1 Å². The van der Waals surface area contributed by atoms with Gasteiger partial charge in [0.15, 0.2) is 0 Å². The zero-order valence-corrected chi connectivity index (χ0v) is 20.6. The average Bonchev–Trinajstić information content (AvgIpc) is 3.02. The fourth-order valence-corrected chi connectivity index (χ4v) is 6.34. The summed E-state index contributed by atoms with van der Waals surface area (Å²) in [4.78, 5) is 2.11. The second-order valence-corrected chi connectivity index (χ2v) is 11.0. The topological polar surface area (TPSA) is 97.7 Å². The fraction of sp³-hybridized carbons (Fsp3) is 0.308. The summed E-state index contributed by atoms with van der Waals surface area (Å²) in [6, 6.07) is 19.3. The Morgan fingerprint density at radius 1 is 0.946 bits per heavy atom. The van der Waals surface area contributed by atoms with Crippen LogP contribution in [0.25, 0.3) is 0 Å². The number of halogens is 3. The normalized spacial score (nSPS) is 23.4. The first kappa shape index (κ1) is 25.5. The van der Waals surface area contributed by atoms with Crippen LogP contribution in [-0.4, -0.2) is 47.0 Å². The number of piperidine rings is 1. The lowest BCUT2D eigenvalue weighted by molar-refractivity contribution is -0.274. The minimum absolute atomic E-state index is 0.0122. The molecule has 4 atom stereocenters. The quantitative estimate of drug-likeness (QED) is 0.396. The molecule has 0 radical (unpaired) electrons. The Bertz CT molecular complexity index is 1320. The molecule has 0 saturated carbocycles. The standard InChI is InChI=1S/C26H27F3N4O3S/c27-26(28,29)36-19-11-13-20(14-12-19)37(30,35)32-21-15-31-16-24(25(21)34)33-22-7-3-1-5-17(22)9-10-18-6-2-4-8-23(18)33/h1-8,11-14,21,24-25,31,34H,9-10,15-16H2,(H2,30,32,35). The van der Waals surface area contributed by atoms with Crippen LogP contribution in [-0.2, 0) is 22.8 Å². The lowest BCUT2D eigenvalue weighted by atomic mass is 9.96. The van der Waals surface area contributed by atoms with Crippen LogP contribution in [0, 0.1) is 4.78 Å². The Balaban J connectivity index is 1.41. The Morgan fingerprint density at radius 2 is 1.51 bits per heavy atom. The van der Waals surface area contributed by atoms with Gasteiger partial charge in [-0.15, -0.1) is 13.2 Å². The molecule has 4 unspecified atom stereocenters. The Hall–Kier alpha value is -3.12. The number of anilines is 2. The van der Waals surface area contributed by atoms with Crippen molar-refractivity contribution in [3.63, 3.8) is 0 Å². The van der Waals surface area contributed by atoms with Gasteiger partial charge in [0.25, 0.3) is 0 Å². The number of para-hydroxylation sites is 2. The van der Waals surface area contributed by atoms with E-state index >= 15 is 0 Å². The van der Waals surface area contributed by atoms with Crippen LogP contribution >= 0.6 is 0 Å². The highest BCUT2D eigenvalue weighted by Crippen LogP contribution is 2.39. The molecule has 3 aromatic rings. The van der Waals surface area contributed by atoms with E-state index in [1.807, 2.05) is 36.4 Å². The maximum Gasteiger partial charge on any atom is 0.573 e. The molecule has 1 saturated heterocycles. The van der Waals surface area contributed by atoms with Crippen molar-refractivity contribution in [2.45, 2.75) is 42.3 Å². The third kappa shape index (κ3) is 5.45. The van der Waals surface area contributed by atoms with Crippen LogP contribution in [0.15, 0.2) is 77.7 Å². The van der Waals surface area contributed by atoms with Crippen LogP contribution in [0.1, 0.15) is 11.1 Å². The Morgan fingerprint density at radius 3 is 2.08 bits per heavy atom. The first-order valence-corrected chi connectivity index (χ1v) is 13.4. The number of aryl methyl sites for hydroxylation is 2. The number of hydrogen-bond acceptors (Lipinski definition) is 6. The number of alkyl halides is 3. The summed E-state index contributed by atoms with van der Waals surface area (Å²) in [6.45, 7) is 0.727. The van der Waals surface area contributed by atoms with Crippen molar-refractivity contribution in [1.29, 1.82) is 4.78 Å². The van der Waals surface area contributed by atoms with Gasteiger partial charge in [-0.2, -0.15) is 0 Å². The molecule has 37 heavy (non-hydrogen) atoms. The lowest BCUT2D eigenvalue weighted by Crippen LogP contribution is -2.64. The molecule has 0 bridgehead atoms. The molecule has 3 aromatic carbocycles. The van der Waals surface area contributed by atoms with Gasteiger partial charge >= 0.3 is 6.36 Å². The SMILES string of the molecule is N=S(=O)(NC1CNCC(N2c3ccccc3CCc3ccccc32)C1O)c1ccc(OC(F)(F)F)cc1. The fourth-order valence-electron chi connectivity index (χ4n) is 5.04. The van der Waals surface area contributed by atoms with Crippen LogP contribution < -0.4 is 19.7 Å². The average molecular weight is 533 g/mol. The van der Waals surface area contributed by atoms with Crippen molar-refractivity contribution in [1.82, 2.24) is 10.0 Å². The molecule has 11 heteroatoms. The maximum absolute atomic E-state index is 13.3. The van der Waals surface area contributed by atoms with Crippen LogP contribution in [0.5, 0.6) is 5.75 Å². The number of ether oxygens (including phenoxy) is 1. The van der Waals surface area contributed by atoms with Crippen molar-refractivity contribution in [2.75, 3.05) is 18.0 Å². The number of rotatable bonds is 5. The summed E-state index contributed by atoms with van der Waals surface area (Å²) >= 11 is 0. The van der Waals surface area contributed by atoms with Gasteiger partial charge in [-0.25, -0.2) is 13.7 Å². The molecule has 1 fully saturated rings. The van der Waals surface area contributed by atoms with Gasteiger partial charge in [0.05, 0.1) is 23.1 Å². The van der Waals surface area contributed by atoms with E-state index in [2.05, 4.69) is 31.8 Å². The van der Waals surface area contributed by atoms with Gasteiger partial charge in [-0.1, -0.05) is 36.4 Å². The molecule has 2 aliphatic rings. The summed E-state index contributed by atoms with van der Waals surface area (Å²) < 4.78 is 65.7. The summed E-state index contributed by atoms with van der Waals surface area (Å²) in [5.41, 5.74) is 4.30. The number of nitrogens with one attached hydrogen (secondary N) is 3. The largest absolute Gasteiger partial charge is 0.573 e. The van der Waals surface area contributed by atoms with E-state index in [1.165, 1.54) is 0 Å². The van der Waals surface area contributed by atoms with Gasteiger partial charge in [-0.3, -0.25) is 0 Å². The van der Waals surface area contributed by atoms with Gasteiger partial charge in [0.2, 0.25) is 0 Å². The predicted octanol–water partition coefficient (Wildman–Crippen LogP) is 4.13. The third-order valence-corrected chi connectivity index (χ3v) is 8.30. The van der Waals surface area contributed by atoms with Gasteiger partial charge in [-0.05, 0) is 60.4 Å². The number of aliphatic hydroxyl groups excluding tert-OH is 1. The van der Waals surface area contributed by atoms with E-state index in [0.717, 1.165) is 59.6 Å². The first-order chi connectivity index (χ1) is 17.6. The second kappa shape index (κ2) is 9.97. The lowest BCUT2D eigenvalue weighted by Gasteiger charge is -2.43. The number of fused-ring (bicyclic) bond motifs is 2. The highest BCUT2D eigenvalue weighted by Gasteiger charge is 2.39. The van der Waals surface area contributed by atoms with E-state index in [4.69, 9.17) is 4.78 Å². The maximum atomic E-state index is 13.3. The van der Waals surface area contributed by atoms with Gasteiger partial charge in [0.1, 0.15) is 15.7 Å². The molecule has 0 amide bonds. The smallest absolute Gasteiger partial charge is 0.406 e. The molecule has 196 valence electrons. The summed E-state index contributed by atoms with van der Waals surface area (Å²) in [6.07, 6.45) is -4.13. The van der Waals surface area contributed by atoms with E-state index in [1.54, 1.807) is 0 Å². The molecular formula is C26H27F3N4O3S. The molecule has 0 spiro atoms. The molecule has 7 nitrogen and oxygen atoms in total. The van der Waals surface area contributed by atoms with E-state index in [9.17, 15) is 22.5 Å². The van der Waals surface area contributed by atoms with E-state index < -0.39 is 40.2 Å². The number of benzene rings is 3. The predicted molar refractivity (Wildman–Crippen MR) is 134 cm³/mol. The Labute approximate surface area is 213 Å². The summed E-state index contributed by atoms with van der Waals surface area (Å²) in [5.74, 6) is -0.468. The van der Waals surface area contributed by atoms with Crippen molar-refractivity contribution in [3.8, 4) is 5.75 Å². The summed E-state index contributed by atoms with van der Waals surface area (Å²) in [5, 5.41) is 14.8. The molecule has 0 aliphatic carbocycles. The second-order valence-electron chi connectivity index (χ2n) is 9.14. The molecule has 2 heterocycles.